The number of aromatic nitrogens is 3. The Kier molecular flexibility index (Phi) is 4.41. The van der Waals surface area contributed by atoms with Crippen molar-refractivity contribution in [1.29, 1.82) is 0 Å². The van der Waals surface area contributed by atoms with Crippen LogP contribution in [0.15, 0.2) is 22.7 Å². The molecule has 0 N–H and O–H groups in total. The Morgan fingerprint density at radius 2 is 2.00 bits per heavy atom. The molecule has 0 atom stereocenters. The average Bonchev–Trinajstić information content (AvgIpc) is 3.38. The molecule has 3 heterocycles. The van der Waals surface area contributed by atoms with Gasteiger partial charge in [0.2, 0.25) is 0 Å². The van der Waals surface area contributed by atoms with Crippen molar-refractivity contribution in [1.82, 2.24) is 19.4 Å². The largest absolute Gasteiger partial charge is 0.338 e. The van der Waals surface area contributed by atoms with Crippen molar-refractivity contribution in [2.45, 2.75) is 45.1 Å². The Morgan fingerprint density at radius 1 is 1.24 bits per heavy atom. The summed E-state index contributed by atoms with van der Waals surface area (Å²) in [5.74, 6) is 1.01. The standard InChI is InChI=1S/C18H22N4O2S/c1-12-17(25-11-20-12)18(24)21-6-4-13(5-7-21)9-22-10-19-15(8-16(22)23)14-2-3-14/h8,10-11,13-14H,2-7,9H2,1H3. The number of amides is 1. The molecule has 6 nitrogen and oxygen atoms in total. The number of nitrogens with zero attached hydrogens (tertiary/aromatic N) is 4. The fourth-order valence-corrected chi connectivity index (χ4v) is 4.20. The van der Waals surface area contributed by atoms with Gasteiger partial charge in [-0.15, -0.1) is 11.3 Å². The zero-order chi connectivity index (χ0) is 17.4. The van der Waals surface area contributed by atoms with Crippen LogP contribution in [0.1, 0.15) is 52.7 Å². The molecule has 132 valence electrons. The summed E-state index contributed by atoms with van der Waals surface area (Å²) >= 11 is 1.41. The normalized spacial score (nSPS) is 18.5. The van der Waals surface area contributed by atoms with E-state index in [0.29, 0.717) is 18.4 Å². The van der Waals surface area contributed by atoms with E-state index in [0.717, 1.165) is 55.0 Å². The number of hydrogen-bond acceptors (Lipinski definition) is 5. The lowest BCUT2D eigenvalue weighted by Gasteiger charge is -2.32. The van der Waals surface area contributed by atoms with Crippen molar-refractivity contribution < 1.29 is 4.79 Å². The summed E-state index contributed by atoms with van der Waals surface area (Å²) in [4.78, 5) is 36.1. The predicted molar refractivity (Wildman–Crippen MR) is 96.0 cm³/mol. The highest BCUT2D eigenvalue weighted by Gasteiger charge is 2.27. The molecule has 2 aliphatic rings. The maximum Gasteiger partial charge on any atom is 0.265 e. The molecule has 0 aromatic carbocycles. The average molecular weight is 358 g/mol. The van der Waals surface area contributed by atoms with Crippen LogP contribution in [0.25, 0.3) is 0 Å². The zero-order valence-electron chi connectivity index (χ0n) is 14.4. The van der Waals surface area contributed by atoms with Crippen LogP contribution in [0.2, 0.25) is 0 Å². The first-order valence-electron chi connectivity index (χ1n) is 8.87. The molecule has 2 aromatic heterocycles. The number of carbonyl (C=O) groups excluding carboxylic acids is 1. The van der Waals surface area contributed by atoms with Crippen molar-refractivity contribution >= 4 is 17.2 Å². The molecule has 25 heavy (non-hydrogen) atoms. The lowest BCUT2D eigenvalue weighted by atomic mass is 9.96. The maximum absolute atomic E-state index is 12.5. The number of thiazole rings is 1. The molecule has 0 bridgehead atoms. The summed E-state index contributed by atoms with van der Waals surface area (Å²) in [6.07, 6.45) is 5.85. The topological polar surface area (TPSA) is 68.1 Å². The second kappa shape index (κ2) is 6.71. The van der Waals surface area contributed by atoms with Gasteiger partial charge in [0.05, 0.1) is 23.2 Å². The van der Waals surface area contributed by atoms with Gasteiger partial charge in [0.25, 0.3) is 11.5 Å². The lowest BCUT2D eigenvalue weighted by molar-refractivity contribution is 0.0686. The Morgan fingerprint density at radius 3 is 2.60 bits per heavy atom. The van der Waals surface area contributed by atoms with Gasteiger partial charge in [0.15, 0.2) is 0 Å². The van der Waals surface area contributed by atoms with Gasteiger partial charge in [0, 0.05) is 31.6 Å². The number of aryl methyl sites for hydroxylation is 1. The second-order valence-corrected chi connectivity index (χ2v) is 7.94. The Labute approximate surface area is 150 Å². The SMILES string of the molecule is Cc1ncsc1C(=O)N1CCC(Cn2cnc(C3CC3)cc2=O)CC1. The molecule has 1 aliphatic heterocycles. The third kappa shape index (κ3) is 3.51. The quantitative estimate of drug-likeness (QED) is 0.842. The molecule has 1 aliphatic carbocycles. The highest BCUT2D eigenvalue weighted by Crippen LogP contribution is 2.38. The first kappa shape index (κ1) is 16.4. The minimum Gasteiger partial charge on any atom is -0.338 e. The number of likely N-dealkylation sites (tertiary alicyclic amines) is 1. The van der Waals surface area contributed by atoms with Crippen LogP contribution in [-0.4, -0.2) is 38.4 Å². The van der Waals surface area contributed by atoms with Crippen molar-refractivity contribution in [3.8, 4) is 0 Å². The number of carbonyl (C=O) groups is 1. The molecule has 4 rings (SSSR count). The summed E-state index contributed by atoms with van der Waals surface area (Å²) < 4.78 is 1.72. The molecule has 0 unspecified atom stereocenters. The predicted octanol–water partition coefficient (Wildman–Crippen LogP) is 2.44. The van der Waals surface area contributed by atoms with Gasteiger partial charge >= 0.3 is 0 Å². The fourth-order valence-electron chi connectivity index (χ4n) is 3.43. The van der Waals surface area contributed by atoms with Crippen LogP contribution >= 0.6 is 11.3 Å². The molecule has 2 fully saturated rings. The fraction of sp³-hybridized carbons (Fsp3) is 0.556. The van der Waals surface area contributed by atoms with E-state index in [2.05, 4.69) is 9.97 Å². The van der Waals surface area contributed by atoms with E-state index < -0.39 is 0 Å². The van der Waals surface area contributed by atoms with Gasteiger partial charge in [-0.3, -0.25) is 14.2 Å². The molecular formula is C18H22N4O2S. The Bertz CT molecular complexity index is 832. The van der Waals surface area contributed by atoms with E-state index in [1.165, 1.54) is 11.3 Å². The monoisotopic (exact) mass is 358 g/mol. The molecular weight excluding hydrogens is 336 g/mol. The van der Waals surface area contributed by atoms with Crippen molar-refractivity contribution in [3.63, 3.8) is 0 Å². The van der Waals surface area contributed by atoms with Crippen LogP contribution in [0.5, 0.6) is 0 Å². The number of piperidine rings is 1. The Balaban J connectivity index is 1.35. The van der Waals surface area contributed by atoms with Gasteiger partial charge < -0.3 is 4.90 Å². The minimum atomic E-state index is 0.0516. The van der Waals surface area contributed by atoms with E-state index in [-0.39, 0.29) is 11.5 Å². The summed E-state index contributed by atoms with van der Waals surface area (Å²) in [7, 11) is 0. The number of hydrogen-bond donors (Lipinski definition) is 0. The first-order chi connectivity index (χ1) is 12.1. The van der Waals surface area contributed by atoms with Crippen LogP contribution < -0.4 is 5.56 Å². The van der Waals surface area contributed by atoms with Gasteiger partial charge in [-0.05, 0) is 38.5 Å². The Hall–Kier alpha value is -2.02. The zero-order valence-corrected chi connectivity index (χ0v) is 15.2. The van der Waals surface area contributed by atoms with Crippen LogP contribution in [0, 0.1) is 12.8 Å². The third-order valence-corrected chi connectivity index (χ3v) is 6.11. The highest BCUT2D eigenvalue weighted by atomic mass is 32.1. The van der Waals surface area contributed by atoms with E-state index in [1.807, 2.05) is 11.8 Å². The van der Waals surface area contributed by atoms with E-state index in [4.69, 9.17) is 0 Å². The smallest absolute Gasteiger partial charge is 0.265 e. The van der Waals surface area contributed by atoms with Crippen LogP contribution in [0.4, 0.5) is 0 Å². The van der Waals surface area contributed by atoms with E-state index in [1.54, 1.807) is 22.5 Å². The summed E-state index contributed by atoms with van der Waals surface area (Å²) in [5.41, 5.74) is 3.53. The van der Waals surface area contributed by atoms with Crippen LogP contribution in [-0.2, 0) is 6.54 Å². The molecule has 1 amide bonds. The first-order valence-corrected chi connectivity index (χ1v) is 9.75. The van der Waals surface area contributed by atoms with Gasteiger partial charge in [0.1, 0.15) is 4.88 Å². The molecule has 1 saturated heterocycles. The number of rotatable bonds is 4. The summed E-state index contributed by atoms with van der Waals surface area (Å²) in [5, 5.41) is 0. The van der Waals surface area contributed by atoms with Crippen LogP contribution in [0.3, 0.4) is 0 Å². The lowest BCUT2D eigenvalue weighted by Crippen LogP contribution is -2.40. The molecule has 2 aromatic rings. The second-order valence-electron chi connectivity index (χ2n) is 7.08. The van der Waals surface area contributed by atoms with Crippen molar-refractivity contribution in [3.05, 3.63) is 44.5 Å². The molecule has 0 radical (unpaired) electrons. The summed E-state index contributed by atoms with van der Waals surface area (Å²) in [6.45, 7) is 4.05. The molecule has 0 spiro atoms. The summed E-state index contributed by atoms with van der Waals surface area (Å²) in [6, 6.07) is 1.70. The van der Waals surface area contributed by atoms with E-state index >= 15 is 0 Å². The molecule has 1 saturated carbocycles. The maximum atomic E-state index is 12.5. The highest BCUT2D eigenvalue weighted by molar-refractivity contribution is 7.11. The van der Waals surface area contributed by atoms with Gasteiger partial charge in [-0.1, -0.05) is 0 Å². The van der Waals surface area contributed by atoms with Crippen molar-refractivity contribution in [2.24, 2.45) is 5.92 Å². The third-order valence-electron chi connectivity index (χ3n) is 5.19. The van der Waals surface area contributed by atoms with Gasteiger partial charge in [-0.25, -0.2) is 9.97 Å². The van der Waals surface area contributed by atoms with E-state index in [9.17, 15) is 9.59 Å². The van der Waals surface area contributed by atoms with Crippen molar-refractivity contribution in [2.75, 3.05) is 13.1 Å². The molecule has 7 heteroatoms. The minimum absolute atomic E-state index is 0.0516. The van der Waals surface area contributed by atoms with Gasteiger partial charge in [-0.2, -0.15) is 0 Å².